The zero-order valence-electron chi connectivity index (χ0n) is 6.99. The fraction of sp³-hybridized carbons (Fsp3) is 0.375. The lowest BCUT2D eigenvalue weighted by Gasteiger charge is -2.06. The summed E-state index contributed by atoms with van der Waals surface area (Å²) in [6, 6.07) is 1.88. The molecule has 1 unspecified atom stereocenters. The molecule has 0 bridgehead atoms. The first-order chi connectivity index (χ1) is 6.15. The third-order valence-corrected chi connectivity index (χ3v) is 3.49. The number of hydrogen-bond acceptors (Lipinski definition) is 4. The van der Waals surface area contributed by atoms with Gasteiger partial charge in [-0.1, -0.05) is 0 Å². The molecule has 5 heteroatoms. The third-order valence-electron chi connectivity index (χ3n) is 1.54. The van der Waals surface area contributed by atoms with Crippen molar-refractivity contribution in [3.63, 3.8) is 0 Å². The van der Waals surface area contributed by atoms with Crippen molar-refractivity contribution in [3.05, 3.63) is 20.8 Å². The van der Waals surface area contributed by atoms with Crippen LogP contribution >= 0.6 is 27.3 Å². The van der Waals surface area contributed by atoms with Crippen LogP contribution in [0.15, 0.2) is 15.9 Å². The van der Waals surface area contributed by atoms with Gasteiger partial charge in [0, 0.05) is 15.8 Å². The molecule has 0 saturated heterocycles. The maximum absolute atomic E-state index is 10.9. The van der Waals surface area contributed by atoms with Crippen LogP contribution in [0.2, 0.25) is 0 Å². The molecule has 0 amide bonds. The molecule has 0 aliphatic rings. The standard InChI is InChI=1S/C8H9BrO3S/c1-12-8(11)6(10)4-7-5(9)2-3-13-7/h2-3,6,10H,4H2,1H3. The molecular formula is C8H9BrO3S. The summed E-state index contributed by atoms with van der Waals surface area (Å²) in [6.45, 7) is 0. The zero-order valence-corrected chi connectivity index (χ0v) is 9.39. The number of aliphatic hydroxyl groups is 1. The molecule has 1 heterocycles. The summed E-state index contributed by atoms with van der Waals surface area (Å²) in [5, 5.41) is 11.2. The van der Waals surface area contributed by atoms with Crippen molar-refractivity contribution in [2.75, 3.05) is 7.11 Å². The first kappa shape index (κ1) is 10.7. The second kappa shape index (κ2) is 4.74. The average Bonchev–Trinajstić information content (AvgIpc) is 2.50. The Bertz CT molecular complexity index is 297. The van der Waals surface area contributed by atoms with Gasteiger partial charge in [-0.15, -0.1) is 11.3 Å². The highest BCUT2D eigenvalue weighted by molar-refractivity contribution is 9.10. The number of hydrogen-bond donors (Lipinski definition) is 1. The Morgan fingerprint density at radius 3 is 3.00 bits per heavy atom. The molecule has 0 radical (unpaired) electrons. The van der Waals surface area contributed by atoms with E-state index in [4.69, 9.17) is 0 Å². The zero-order chi connectivity index (χ0) is 9.84. The Hall–Kier alpha value is -0.390. The number of carbonyl (C=O) groups is 1. The van der Waals surface area contributed by atoms with E-state index in [1.165, 1.54) is 18.4 Å². The largest absolute Gasteiger partial charge is 0.467 e. The average molecular weight is 265 g/mol. The van der Waals surface area contributed by atoms with E-state index in [0.29, 0.717) is 6.42 Å². The van der Waals surface area contributed by atoms with Gasteiger partial charge in [0.25, 0.3) is 0 Å². The summed E-state index contributed by atoms with van der Waals surface area (Å²) in [6.07, 6.45) is -0.773. The number of halogens is 1. The van der Waals surface area contributed by atoms with Crippen molar-refractivity contribution in [1.82, 2.24) is 0 Å². The highest BCUT2D eigenvalue weighted by atomic mass is 79.9. The number of carbonyl (C=O) groups excluding carboxylic acids is 1. The van der Waals surface area contributed by atoms with Crippen LogP contribution in [0.4, 0.5) is 0 Å². The SMILES string of the molecule is COC(=O)C(O)Cc1sccc1Br. The van der Waals surface area contributed by atoms with Crippen LogP contribution in [-0.2, 0) is 16.0 Å². The third kappa shape index (κ3) is 2.79. The predicted molar refractivity (Wildman–Crippen MR) is 53.7 cm³/mol. The second-order valence-corrected chi connectivity index (χ2v) is 4.29. The van der Waals surface area contributed by atoms with Crippen molar-refractivity contribution in [1.29, 1.82) is 0 Å². The molecule has 1 aromatic rings. The minimum atomic E-state index is -1.07. The molecule has 72 valence electrons. The van der Waals surface area contributed by atoms with Gasteiger partial charge in [0.1, 0.15) is 0 Å². The Labute approximate surface area is 88.5 Å². The monoisotopic (exact) mass is 264 g/mol. The van der Waals surface area contributed by atoms with Crippen molar-refractivity contribution >= 4 is 33.2 Å². The van der Waals surface area contributed by atoms with E-state index in [1.54, 1.807) is 0 Å². The van der Waals surface area contributed by atoms with Crippen molar-refractivity contribution in [3.8, 4) is 0 Å². The molecule has 1 atom stereocenters. The molecule has 1 aromatic heterocycles. The lowest BCUT2D eigenvalue weighted by molar-refractivity contribution is -0.150. The van der Waals surface area contributed by atoms with Gasteiger partial charge in [-0.05, 0) is 27.4 Å². The van der Waals surface area contributed by atoms with Crippen LogP contribution in [0.5, 0.6) is 0 Å². The number of aliphatic hydroxyl groups excluding tert-OH is 1. The van der Waals surface area contributed by atoms with Crippen LogP contribution in [0.25, 0.3) is 0 Å². The van der Waals surface area contributed by atoms with E-state index in [-0.39, 0.29) is 0 Å². The second-order valence-electron chi connectivity index (χ2n) is 2.43. The minimum Gasteiger partial charge on any atom is -0.467 e. The number of methoxy groups -OCH3 is 1. The number of thiophene rings is 1. The molecule has 0 aliphatic carbocycles. The summed E-state index contributed by atoms with van der Waals surface area (Å²) in [4.78, 5) is 11.8. The molecule has 0 aromatic carbocycles. The summed E-state index contributed by atoms with van der Waals surface area (Å²) in [5.41, 5.74) is 0. The fourth-order valence-electron chi connectivity index (χ4n) is 0.866. The van der Waals surface area contributed by atoms with E-state index in [2.05, 4.69) is 20.7 Å². The maximum Gasteiger partial charge on any atom is 0.335 e. The minimum absolute atomic E-state index is 0.297. The smallest absolute Gasteiger partial charge is 0.335 e. The molecule has 0 saturated carbocycles. The van der Waals surface area contributed by atoms with Crippen LogP contribution in [0.1, 0.15) is 4.88 Å². The quantitative estimate of drug-likeness (QED) is 0.844. The van der Waals surface area contributed by atoms with E-state index in [0.717, 1.165) is 9.35 Å². The van der Waals surface area contributed by atoms with Gasteiger partial charge in [-0.25, -0.2) is 4.79 Å². The fourth-order valence-corrected chi connectivity index (χ4v) is 2.42. The number of rotatable bonds is 3. The normalized spacial score (nSPS) is 12.5. The molecular weight excluding hydrogens is 256 g/mol. The van der Waals surface area contributed by atoms with Crippen LogP contribution < -0.4 is 0 Å². The lowest BCUT2D eigenvalue weighted by atomic mass is 10.2. The Morgan fingerprint density at radius 1 is 1.85 bits per heavy atom. The van der Waals surface area contributed by atoms with Gasteiger partial charge in [0.15, 0.2) is 6.10 Å². The Balaban J connectivity index is 2.59. The topological polar surface area (TPSA) is 46.5 Å². The van der Waals surface area contributed by atoms with Gasteiger partial charge in [0.05, 0.1) is 7.11 Å². The highest BCUT2D eigenvalue weighted by Crippen LogP contribution is 2.24. The summed E-state index contributed by atoms with van der Waals surface area (Å²) in [7, 11) is 1.26. The van der Waals surface area contributed by atoms with Gasteiger partial charge >= 0.3 is 5.97 Å². The molecule has 13 heavy (non-hydrogen) atoms. The summed E-state index contributed by atoms with van der Waals surface area (Å²) >= 11 is 4.80. The van der Waals surface area contributed by atoms with Crippen molar-refractivity contribution in [2.45, 2.75) is 12.5 Å². The molecule has 0 aliphatic heterocycles. The van der Waals surface area contributed by atoms with Gasteiger partial charge in [-0.3, -0.25) is 0 Å². The lowest BCUT2D eigenvalue weighted by Crippen LogP contribution is -2.23. The van der Waals surface area contributed by atoms with Gasteiger partial charge < -0.3 is 9.84 Å². The maximum atomic E-state index is 10.9. The summed E-state index contributed by atoms with van der Waals surface area (Å²) in [5.74, 6) is -0.597. The van der Waals surface area contributed by atoms with Crippen LogP contribution in [-0.4, -0.2) is 24.3 Å². The van der Waals surface area contributed by atoms with Crippen molar-refractivity contribution < 1.29 is 14.6 Å². The molecule has 0 fully saturated rings. The van der Waals surface area contributed by atoms with Crippen LogP contribution in [0.3, 0.4) is 0 Å². The van der Waals surface area contributed by atoms with E-state index in [9.17, 15) is 9.90 Å². The number of esters is 1. The first-order valence-electron chi connectivity index (χ1n) is 3.63. The Morgan fingerprint density at radius 2 is 2.54 bits per heavy atom. The van der Waals surface area contributed by atoms with Gasteiger partial charge in [-0.2, -0.15) is 0 Å². The predicted octanol–water partition coefficient (Wildman–Crippen LogP) is 1.59. The molecule has 3 nitrogen and oxygen atoms in total. The number of ether oxygens (including phenoxy) is 1. The Kier molecular flexibility index (Phi) is 3.90. The molecule has 1 rings (SSSR count). The first-order valence-corrected chi connectivity index (χ1v) is 5.30. The van der Waals surface area contributed by atoms with Gasteiger partial charge in [0.2, 0.25) is 0 Å². The van der Waals surface area contributed by atoms with E-state index in [1.807, 2.05) is 11.4 Å². The van der Waals surface area contributed by atoms with Crippen molar-refractivity contribution in [2.24, 2.45) is 0 Å². The van der Waals surface area contributed by atoms with Crippen LogP contribution in [0, 0.1) is 0 Å². The highest BCUT2D eigenvalue weighted by Gasteiger charge is 2.17. The van der Waals surface area contributed by atoms with E-state index < -0.39 is 12.1 Å². The van der Waals surface area contributed by atoms with E-state index >= 15 is 0 Å². The molecule has 0 spiro atoms. The molecule has 1 N–H and O–H groups in total. The summed E-state index contributed by atoms with van der Waals surface area (Å²) < 4.78 is 5.32.